The normalized spacial score (nSPS) is 11.7. The van der Waals surface area contributed by atoms with Crippen LogP contribution in [-0.2, 0) is 22.5 Å². The van der Waals surface area contributed by atoms with Crippen LogP contribution < -0.4 is 0 Å². The summed E-state index contributed by atoms with van der Waals surface area (Å²) in [7, 11) is 0. The van der Waals surface area contributed by atoms with Gasteiger partial charge in [0, 0.05) is 36.7 Å². The molecule has 170 valence electrons. The van der Waals surface area contributed by atoms with Crippen molar-refractivity contribution < 1.29 is 19.0 Å². The highest BCUT2D eigenvalue weighted by molar-refractivity contribution is 5.97. The van der Waals surface area contributed by atoms with Gasteiger partial charge in [0.25, 0.3) is 0 Å². The van der Waals surface area contributed by atoms with E-state index in [0.29, 0.717) is 23.4 Å². The second-order valence-electron chi connectivity index (χ2n) is 8.79. The van der Waals surface area contributed by atoms with Crippen LogP contribution in [0.3, 0.4) is 0 Å². The largest absolute Gasteiger partial charge is 0.434 e. The zero-order chi connectivity index (χ0) is 23.8. The quantitative estimate of drug-likeness (QED) is 0.322. The van der Waals surface area contributed by atoms with E-state index in [4.69, 9.17) is 9.72 Å². The lowest BCUT2D eigenvalue weighted by Crippen LogP contribution is -2.28. The smallest absolute Gasteiger partial charge is 0.312 e. The average molecular weight is 447 g/mol. The number of rotatable bonds is 6. The average Bonchev–Trinajstić information content (AvgIpc) is 3.12. The maximum absolute atomic E-state index is 14.3. The predicted octanol–water partition coefficient (Wildman–Crippen LogP) is 5.32. The van der Waals surface area contributed by atoms with Gasteiger partial charge in [-0.2, -0.15) is 0 Å². The minimum Gasteiger partial charge on any atom is -0.434 e. The fraction of sp³-hybridized carbons (Fsp3) is 0.259. The van der Waals surface area contributed by atoms with Gasteiger partial charge in [-0.3, -0.25) is 4.79 Å². The highest BCUT2D eigenvalue weighted by atomic mass is 19.1. The third kappa shape index (κ3) is 4.96. The van der Waals surface area contributed by atoms with Crippen LogP contribution >= 0.6 is 0 Å². The number of hydrogen-bond acceptors (Lipinski definition) is 4. The number of ether oxygens (including phenoxy) is 1. The Morgan fingerprint density at radius 2 is 1.79 bits per heavy atom. The number of hydrogen-bond donors (Lipinski definition) is 1. The van der Waals surface area contributed by atoms with Crippen LogP contribution in [0, 0.1) is 19.7 Å². The molecule has 6 heteroatoms. The van der Waals surface area contributed by atoms with Gasteiger partial charge in [0.2, 0.25) is 5.79 Å². The molecule has 2 aromatic carbocycles. The van der Waals surface area contributed by atoms with E-state index in [1.807, 2.05) is 61.0 Å². The lowest BCUT2D eigenvalue weighted by molar-refractivity contribution is -0.194. The van der Waals surface area contributed by atoms with E-state index in [1.54, 1.807) is 12.1 Å². The monoisotopic (exact) mass is 446 g/mol. The Labute approximate surface area is 192 Å². The second-order valence-corrected chi connectivity index (χ2v) is 8.79. The molecule has 0 saturated heterocycles. The van der Waals surface area contributed by atoms with Crippen molar-refractivity contribution in [3.8, 4) is 11.1 Å². The summed E-state index contributed by atoms with van der Waals surface area (Å²) in [6.45, 7) is 7.05. The highest BCUT2D eigenvalue weighted by Gasteiger charge is 2.23. The number of fused-ring (bicyclic) bond motifs is 1. The first-order chi connectivity index (χ1) is 15.6. The molecular formula is C27H27FN2O3. The topological polar surface area (TPSA) is 64.3 Å². The first-order valence-electron chi connectivity index (χ1n) is 10.9. The Morgan fingerprint density at radius 1 is 1.09 bits per heavy atom. The van der Waals surface area contributed by atoms with E-state index in [1.165, 1.54) is 19.9 Å². The van der Waals surface area contributed by atoms with Crippen molar-refractivity contribution in [2.24, 2.45) is 0 Å². The Kier molecular flexibility index (Phi) is 6.04. The van der Waals surface area contributed by atoms with Crippen LogP contribution in [0.2, 0.25) is 0 Å². The summed E-state index contributed by atoms with van der Waals surface area (Å²) in [5, 5.41) is 10.8. The molecule has 0 aliphatic carbocycles. The molecule has 4 rings (SSSR count). The predicted molar refractivity (Wildman–Crippen MR) is 126 cm³/mol. The fourth-order valence-electron chi connectivity index (χ4n) is 4.02. The number of aliphatic hydroxyl groups is 1. The Hall–Kier alpha value is -3.51. The van der Waals surface area contributed by atoms with Crippen LogP contribution in [-0.4, -0.2) is 26.4 Å². The molecule has 0 radical (unpaired) electrons. The van der Waals surface area contributed by atoms with Gasteiger partial charge in [0.1, 0.15) is 11.5 Å². The van der Waals surface area contributed by atoms with Crippen molar-refractivity contribution in [2.45, 2.75) is 46.4 Å². The SMILES string of the molecule is Cc1ccc(-c2c(CC(=O)OC(C)(C)O)c(C)nc3c2ccn3Cc2ccccc2F)cc1. The maximum Gasteiger partial charge on any atom is 0.312 e. The number of benzene rings is 2. The molecule has 0 spiro atoms. The third-order valence-electron chi connectivity index (χ3n) is 5.54. The molecule has 0 atom stereocenters. The molecule has 5 nitrogen and oxygen atoms in total. The van der Waals surface area contributed by atoms with Gasteiger partial charge in [0.15, 0.2) is 0 Å². The standard InChI is InChI=1S/C27H27FN2O3/c1-17-9-11-19(12-10-17)25-21-13-14-30(16-20-7-5-6-8-23(20)28)26(21)29-18(2)22(25)15-24(31)33-27(3,4)32/h5-14,32H,15-16H2,1-4H3. The van der Waals surface area contributed by atoms with Gasteiger partial charge < -0.3 is 14.4 Å². The number of carbonyl (C=O) groups excluding carboxylic acids is 1. The van der Waals surface area contributed by atoms with Crippen molar-refractivity contribution in [1.29, 1.82) is 0 Å². The molecule has 1 N–H and O–H groups in total. The summed E-state index contributed by atoms with van der Waals surface area (Å²) < 4.78 is 21.4. The molecule has 0 unspecified atom stereocenters. The molecular weight excluding hydrogens is 419 g/mol. The molecule has 0 bridgehead atoms. The van der Waals surface area contributed by atoms with Crippen LogP contribution in [0.15, 0.2) is 60.8 Å². The molecule has 0 aliphatic rings. The zero-order valence-electron chi connectivity index (χ0n) is 19.2. The summed E-state index contributed by atoms with van der Waals surface area (Å²) in [5.41, 5.74) is 5.67. The molecule has 2 heterocycles. The highest BCUT2D eigenvalue weighted by Crippen LogP contribution is 2.35. The van der Waals surface area contributed by atoms with E-state index in [9.17, 15) is 14.3 Å². The Morgan fingerprint density at radius 3 is 2.45 bits per heavy atom. The molecule has 0 amide bonds. The summed E-state index contributed by atoms with van der Waals surface area (Å²) >= 11 is 0. The minimum atomic E-state index is -1.56. The summed E-state index contributed by atoms with van der Waals surface area (Å²) in [6.07, 6.45) is 1.86. The summed E-state index contributed by atoms with van der Waals surface area (Å²) in [6, 6.07) is 16.7. The van der Waals surface area contributed by atoms with Crippen LogP contribution in [0.25, 0.3) is 22.2 Å². The van der Waals surface area contributed by atoms with Crippen molar-refractivity contribution in [3.63, 3.8) is 0 Å². The second kappa shape index (κ2) is 8.79. The molecule has 4 aromatic rings. The number of halogens is 1. The van der Waals surface area contributed by atoms with Crippen LogP contribution in [0.4, 0.5) is 4.39 Å². The van der Waals surface area contributed by atoms with Gasteiger partial charge in [-0.25, -0.2) is 9.37 Å². The van der Waals surface area contributed by atoms with Crippen molar-refractivity contribution in [3.05, 3.63) is 89.0 Å². The van der Waals surface area contributed by atoms with E-state index in [0.717, 1.165) is 27.6 Å². The molecule has 0 fully saturated rings. The van der Waals surface area contributed by atoms with E-state index >= 15 is 0 Å². The van der Waals surface area contributed by atoms with Crippen molar-refractivity contribution in [1.82, 2.24) is 9.55 Å². The van der Waals surface area contributed by atoms with E-state index in [2.05, 4.69) is 0 Å². The summed E-state index contributed by atoms with van der Waals surface area (Å²) in [5.74, 6) is -2.36. The zero-order valence-corrected chi connectivity index (χ0v) is 19.2. The van der Waals surface area contributed by atoms with Gasteiger partial charge >= 0.3 is 5.97 Å². The van der Waals surface area contributed by atoms with E-state index in [-0.39, 0.29) is 12.2 Å². The van der Waals surface area contributed by atoms with Gasteiger partial charge in [-0.05, 0) is 42.7 Å². The number of nitrogens with zero attached hydrogens (tertiary/aromatic N) is 2. The molecule has 0 aliphatic heterocycles. The van der Waals surface area contributed by atoms with Gasteiger partial charge in [0.05, 0.1) is 13.0 Å². The lowest BCUT2D eigenvalue weighted by atomic mass is 9.94. The molecule has 2 aromatic heterocycles. The van der Waals surface area contributed by atoms with E-state index < -0.39 is 11.8 Å². The minimum absolute atomic E-state index is 0.0273. The molecule has 0 saturated carbocycles. The summed E-state index contributed by atoms with van der Waals surface area (Å²) in [4.78, 5) is 17.4. The number of pyridine rings is 1. The van der Waals surface area contributed by atoms with Gasteiger partial charge in [-0.1, -0.05) is 48.0 Å². The number of esters is 1. The van der Waals surface area contributed by atoms with Crippen LogP contribution in [0.1, 0.15) is 36.2 Å². The van der Waals surface area contributed by atoms with Gasteiger partial charge in [-0.15, -0.1) is 0 Å². The third-order valence-corrected chi connectivity index (χ3v) is 5.54. The fourth-order valence-corrected chi connectivity index (χ4v) is 4.02. The van der Waals surface area contributed by atoms with Crippen molar-refractivity contribution in [2.75, 3.05) is 0 Å². The Bertz CT molecular complexity index is 1320. The number of aryl methyl sites for hydroxylation is 2. The van der Waals surface area contributed by atoms with Crippen LogP contribution in [0.5, 0.6) is 0 Å². The lowest BCUT2D eigenvalue weighted by Gasteiger charge is -2.20. The number of aromatic nitrogens is 2. The first kappa shape index (κ1) is 22.7. The Balaban J connectivity index is 1.86. The number of carbonyl (C=O) groups is 1. The molecule has 33 heavy (non-hydrogen) atoms. The van der Waals surface area contributed by atoms with Crippen molar-refractivity contribution >= 4 is 17.0 Å². The first-order valence-corrected chi connectivity index (χ1v) is 10.9. The maximum atomic E-state index is 14.3.